The maximum atomic E-state index is 13.6. The minimum atomic E-state index is -0.609. The zero-order valence-corrected chi connectivity index (χ0v) is 12.1. The minimum absolute atomic E-state index is 0.0170. The molecular formula is C14H11BrFNO3. The first-order chi connectivity index (χ1) is 9.51. The van der Waals surface area contributed by atoms with Gasteiger partial charge in [-0.3, -0.25) is 4.79 Å². The van der Waals surface area contributed by atoms with E-state index in [1.807, 2.05) is 0 Å². The van der Waals surface area contributed by atoms with E-state index in [1.54, 1.807) is 6.07 Å². The Morgan fingerprint density at radius 1 is 1.30 bits per heavy atom. The Morgan fingerprint density at radius 2 is 2.05 bits per heavy atom. The number of halogens is 2. The average molecular weight is 340 g/mol. The predicted molar refractivity (Wildman–Crippen MR) is 76.7 cm³/mol. The number of phenols is 1. The molecule has 0 heterocycles. The average Bonchev–Trinajstić information content (AvgIpc) is 2.41. The van der Waals surface area contributed by atoms with E-state index in [4.69, 9.17) is 4.74 Å². The number of nitrogens with one attached hydrogen (secondary N) is 1. The zero-order valence-electron chi connectivity index (χ0n) is 10.5. The lowest BCUT2D eigenvalue weighted by molar-refractivity contribution is 0.102. The summed E-state index contributed by atoms with van der Waals surface area (Å²) in [7, 11) is 1.44. The van der Waals surface area contributed by atoms with Crippen molar-refractivity contribution >= 4 is 27.5 Å². The highest BCUT2D eigenvalue weighted by molar-refractivity contribution is 9.10. The van der Waals surface area contributed by atoms with Crippen LogP contribution in [0.4, 0.5) is 10.1 Å². The number of anilines is 1. The van der Waals surface area contributed by atoms with Crippen LogP contribution in [0.1, 0.15) is 10.4 Å². The van der Waals surface area contributed by atoms with Gasteiger partial charge in [-0.2, -0.15) is 0 Å². The predicted octanol–water partition coefficient (Wildman–Crippen LogP) is 3.55. The van der Waals surface area contributed by atoms with Crippen molar-refractivity contribution in [3.05, 3.63) is 52.3 Å². The molecule has 0 atom stereocenters. The molecule has 4 nitrogen and oxygen atoms in total. The highest BCUT2D eigenvalue weighted by Crippen LogP contribution is 2.25. The Kier molecular flexibility index (Phi) is 4.24. The van der Waals surface area contributed by atoms with E-state index < -0.39 is 11.7 Å². The molecule has 0 aromatic heterocycles. The number of rotatable bonds is 3. The number of ether oxygens (including phenoxy) is 1. The number of phenolic OH excluding ortho intramolecular Hbond substituents is 1. The number of hydrogen-bond donors (Lipinski definition) is 2. The number of benzene rings is 2. The van der Waals surface area contributed by atoms with Crippen molar-refractivity contribution in [1.29, 1.82) is 0 Å². The Labute approximate surface area is 123 Å². The molecule has 104 valence electrons. The molecule has 0 spiro atoms. The third-order valence-corrected chi connectivity index (χ3v) is 3.12. The van der Waals surface area contributed by atoms with Gasteiger partial charge < -0.3 is 15.2 Å². The normalized spacial score (nSPS) is 10.2. The molecule has 0 fully saturated rings. The van der Waals surface area contributed by atoms with Crippen LogP contribution in [0.2, 0.25) is 0 Å². The number of carbonyl (C=O) groups is 1. The van der Waals surface area contributed by atoms with Crippen LogP contribution in [0.3, 0.4) is 0 Å². The van der Waals surface area contributed by atoms with E-state index in [1.165, 1.54) is 37.4 Å². The van der Waals surface area contributed by atoms with E-state index in [2.05, 4.69) is 21.2 Å². The van der Waals surface area contributed by atoms with Crippen molar-refractivity contribution in [2.45, 2.75) is 0 Å². The summed E-state index contributed by atoms with van der Waals surface area (Å²) in [5, 5.41) is 12.1. The molecule has 0 aliphatic heterocycles. The molecule has 0 saturated carbocycles. The van der Waals surface area contributed by atoms with Gasteiger partial charge in [0.1, 0.15) is 17.3 Å². The summed E-state index contributed by atoms with van der Waals surface area (Å²) in [6.07, 6.45) is 0. The Morgan fingerprint density at radius 3 is 2.70 bits per heavy atom. The van der Waals surface area contributed by atoms with E-state index >= 15 is 0 Å². The number of hydrogen-bond acceptors (Lipinski definition) is 3. The second-order valence-corrected chi connectivity index (χ2v) is 4.88. The van der Waals surface area contributed by atoms with Crippen LogP contribution in [0.5, 0.6) is 11.5 Å². The second-order valence-electron chi connectivity index (χ2n) is 3.96. The summed E-state index contributed by atoms with van der Waals surface area (Å²) in [6, 6.07) is 8.43. The van der Waals surface area contributed by atoms with E-state index in [-0.39, 0.29) is 17.0 Å². The number of methoxy groups -OCH3 is 1. The molecule has 6 heteroatoms. The van der Waals surface area contributed by atoms with Gasteiger partial charge >= 0.3 is 0 Å². The summed E-state index contributed by atoms with van der Waals surface area (Å²) in [5.74, 6) is -0.972. The highest BCUT2D eigenvalue weighted by Gasteiger charge is 2.14. The van der Waals surface area contributed by atoms with Gasteiger partial charge in [-0.1, -0.05) is 15.9 Å². The molecule has 2 aromatic carbocycles. The molecule has 0 saturated heterocycles. The van der Waals surface area contributed by atoms with Crippen LogP contribution in [0, 0.1) is 5.82 Å². The topological polar surface area (TPSA) is 58.6 Å². The third kappa shape index (κ3) is 3.08. The van der Waals surface area contributed by atoms with Crippen LogP contribution >= 0.6 is 15.9 Å². The first-order valence-corrected chi connectivity index (χ1v) is 6.44. The summed E-state index contributed by atoms with van der Waals surface area (Å²) in [6.45, 7) is 0. The van der Waals surface area contributed by atoms with E-state index in [0.717, 1.165) is 0 Å². The molecule has 1 amide bonds. The quantitative estimate of drug-likeness (QED) is 0.898. The molecule has 2 aromatic rings. The summed E-state index contributed by atoms with van der Waals surface area (Å²) >= 11 is 3.17. The van der Waals surface area contributed by atoms with Gasteiger partial charge in [-0.05, 0) is 30.3 Å². The fourth-order valence-electron chi connectivity index (χ4n) is 1.61. The Bertz CT molecular complexity index is 661. The van der Waals surface area contributed by atoms with Gasteiger partial charge in [-0.15, -0.1) is 0 Å². The van der Waals surface area contributed by atoms with Crippen LogP contribution in [-0.2, 0) is 0 Å². The number of aromatic hydroxyl groups is 1. The van der Waals surface area contributed by atoms with Gasteiger partial charge in [0, 0.05) is 10.5 Å². The fourth-order valence-corrected chi connectivity index (χ4v) is 1.96. The molecule has 0 aliphatic carbocycles. The molecule has 0 aliphatic rings. The summed E-state index contributed by atoms with van der Waals surface area (Å²) in [5.41, 5.74) is 0.0343. The lowest BCUT2D eigenvalue weighted by atomic mass is 10.2. The van der Waals surface area contributed by atoms with Crippen molar-refractivity contribution in [3.63, 3.8) is 0 Å². The molecule has 20 heavy (non-hydrogen) atoms. The summed E-state index contributed by atoms with van der Waals surface area (Å²) in [4.78, 5) is 12.0. The first-order valence-electron chi connectivity index (χ1n) is 5.64. The number of amides is 1. The van der Waals surface area contributed by atoms with Crippen molar-refractivity contribution in [1.82, 2.24) is 0 Å². The third-order valence-electron chi connectivity index (χ3n) is 2.63. The van der Waals surface area contributed by atoms with Crippen LogP contribution < -0.4 is 10.1 Å². The molecule has 0 radical (unpaired) electrons. The largest absolute Gasteiger partial charge is 0.507 e. The lowest BCUT2D eigenvalue weighted by Crippen LogP contribution is -2.13. The van der Waals surface area contributed by atoms with Gasteiger partial charge in [0.05, 0.1) is 18.4 Å². The maximum Gasteiger partial charge on any atom is 0.259 e. The van der Waals surface area contributed by atoms with E-state index in [9.17, 15) is 14.3 Å². The molecule has 2 rings (SSSR count). The molecule has 0 bridgehead atoms. The molecule has 2 N–H and O–H groups in total. The van der Waals surface area contributed by atoms with Crippen molar-refractivity contribution in [2.24, 2.45) is 0 Å². The molecular weight excluding hydrogens is 329 g/mol. The summed E-state index contributed by atoms with van der Waals surface area (Å²) < 4.78 is 19.2. The standard InChI is InChI=1S/C14H11BrFNO3/c1-20-9-3-5-11(16)12(7-9)17-14(19)10-4-2-8(15)6-13(10)18/h2-7,18H,1H3,(H,17,19). The van der Waals surface area contributed by atoms with Gasteiger partial charge in [0.25, 0.3) is 5.91 Å². The smallest absolute Gasteiger partial charge is 0.259 e. The zero-order chi connectivity index (χ0) is 14.7. The van der Waals surface area contributed by atoms with Crippen LogP contribution in [-0.4, -0.2) is 18.1 Å². The molecule has 0 unspecified atom stereocenters. The number of carbonyl (C=O) groups excluding carboxylic acids is 1. The minimum Gasteiger partial charge on any atom is -0.507 e. The Hall–Kier alpha value is -2.08. The second kappa shape index (κ2) is 5.92. The monoisotopic (exact) mass is 339 g/mol. The first kappa shape index (κ1) is 14.3. The SMILES string of the molecule is COc1ccc(F)c(NC(=O)c2ccc(Br)cc2O)c1. The van der Waals surface area contributed by atoms with Crippen molar-refractivity contribution in [3.8, 4) is 11.5 Å². The van der Waals surface area contributed by atoms with Gasteiger partial charge in [0.2, 0.25) is 0 Å². The highest BCUT2D eigenvalue weighted by atomic mass is 79.9. The van der Waals surface area contributed by atoms with Gasteiger partial charge in [-0.25, -0.2) is 4.39 Å². The lowest BCUT2D eigenvalue weighted by Gasteiger charge is -2.09. The maximum absolute atomic E-state index is 13.6. The fraction of sp³-hybridized carbons (Fsp3) is 0.0714. The van der Waals surface area contributed by atoms with Crippen LogP contribution in [0.25, 0.3) is 0 Å². The van der Waals surface area contributed by atoms with Crippen molar-refractivity contribution < 1.29 is 19.0 Å². The van der Waals surface area contributed by atoms with Gasteiger partial charge in [0.15, 0.2) is 0 Å². The van der Waals surface area contributed by atoms with Crippen LogP contribution in [0.15, 0.2) is 40.9 Å². The van der Waals surface area contributed by atoms with E-state index in [0.29, 0.717) is 10.2 Å². The van der Waals surface area contributed by atoms with Crippen molar-refractivity contribution in [2.75, 3.05) is 12.4 Å². The Balaban J connectivity index is 2.27.